The zero-order valence-electron chi connectivity index (χ0n) is 20.0. The Morgan fingerprint density at radius 1 is 0.941 bits per heavy atom. The Hall–Kier alpha value is -3.15. The maximum atomic E-state index is 14.1. The van der Waals surface area contributed by atoms with Crippen LogP contribution < -0.4 is 9.88 Å². The average molecular weight is 464 g/mol. The first kappa shape index (κ1) is 24.0. The Morgan fingerprint density at radius 3 is 2.21 bits per heavy atom. The molecule has 34 heavy (non-hydrogen) atoms. The largest absolute Gasteiger partial charge is 0.391 e. The second-order valence-corrected chi connectivity index (χ2v) is 8.87. The van der Waals surface area contributed by atoms with E-state index in [4.69, 9.17) is 4.98 Å². The number of aliphatic imine (C=N–C) groups is 1. The number of halogens is 2. The fourth-order valence-corrected chi connectivity index (χ4v) is 4.39. The van der Waals surface area contributed by atoms with Gasteiger partial charge in [0.25, 0.3) is 0 Å². The number of rotatable bonds is 10. The zero-order chi connectivity index (χ0) is 23.9. The summed E-state index contributed by atoms with van der Waals surface area (Å²) in [7, 11) is 0. The number of hydrogen-bond donors (Lipinski definition) is 0. The maximum Gasteiger partial charge on any atom is 0.391 e. The number of unbranched alkanes of at least 4 members (excludes halogenated alkanes) is 2. The van der Waals surface area contributed by atoms with Crippen LogP contribution in [0, 0.1) is 11.6 Å². The van der Waals surface area contributed by atoms with Gasteiger partial charge in [-0.2, -0.15) is 0 Å². The molecule has 4 nitrogen and oxygen atoms in total. The summed E-state index contributed by atoms with van der Waals surface area (Å²) in [5.74, 6) is -0.190. The van der Waals surface area contributed by atoms with E-state index in [0.29, 0.717) is 12.1 Å². The molecule has 0 amide bonds. The summed E-state index contributed by atoms with van der Waals surface area (Å²) in [5.41, 5.74) is 3.65. The van der Waals surface area contributed by atoms with Crippen molar-refractivity contribution in [3.63, 3.8) is 0 Å². The van der Waals surface area contributed by atoms with Gasteiger partial charge in [0, 0.05) is 11.3 Å². The van der Waals surface area contributed by atoms with Crippen molar-refractivity contribution in [2.24, 2.45) is 4.99 Å². The van der Waals surface area contributed by atoms with Crippen molar-refractivity contribution >= 4 is 11.7 Å². The molecule has 0 radical (unpaired) electrons. The van der Waals surface area contributed by atoms with Gasteiger partial charge in [-0.05, 0) is 48.9 Å². The number of H-pyrrole nitrogens is 1. The van der Waals surface area contributed by atoms with Crippen molar-refractivity contribution in [1.29, 1.82) is 0 Å². The van der Waals surface area contributed by atoms with Gasteiger partial charge in [-0.1, -0.05) is 62.0 Å². The number of anilines is 1. The lowest BCUT2D eigenvalue weighted by molar-refractivity contribution is -0.367. The van der Waals surface area contributed by atoms with Gasteiger partial charge >= 0.3 is 5.95 Å². The topological polar surface area (TPSA) is 42.6 Å². The highest BCUT2D eigenvalue weighted by atomic mass is 19.1. The molecule has 0 aliphatic carbocycles. The summed E-state index contributed by atoms with van der Waals surface area (Å²) < 4.78 is 28.3. The number of aromatic nitrogens is 2. The van der Waals surface area contributed by atoms with Crippen molar-refractivity contribution in [3.05, 3.63) is 77.6 Å². The molecule has 1 N–H and O–H groups in total. The monoisotopic (exact) mass is 463 g/mol. The highest BCUT2D eigenvalue weighted by Gasteiger charge is 2.24. The molecular formula is C28H33F2N4+. The fourth-order valence-electron chi connectivity index (χ4n) is 4.39. The number of benzene rings is 2. The second-order valence-electron chi connectivity index (χ2n) is 8.87. The molecule has 4 rings (SSSR count). The van der Waals surface area contributed by atoms with Crippen molar-refractivity contribution in [1.82, 2.24) is 4.98 Å². The van der Waals surface area contributed by atoms with E-state index in [-0.39, 0.29) is 11.6 Å². The second kappa shape index (κ2) is 11.3. The molecule has 1 aromatic heterocycles. The molecule has 0 saturated heterocycles. The van der Waals surface area contributed by atoms with E-state index in [1.165, 1.54) is 18.2 Å². The van der Waals surface area contributed by atoms with Crippen LogP contribution in [0.1, 0.15) is 69.5 Å². The highest BCUT2D eigenvalue weighted by Crippen LogP contribution is 2.33. The number of aromatic amines is 1. The lowest BCUT2D eigenvalue weighted by Gasteiger charge is -2.15. The Kier molecular flexibility index (Phi) is 7.99. The Balaban J connectivity index is 1.47. The van der Waals surface area contributed by atoms with Crippen LogP contribution in [-0.2, 0) is 0 Å². The van der Waals surface area contributed by atoms with Gasteiger partial charge in [0.1, 0.15) is 17.8 Å². The maximum absolute atomic E-state index is 14.1. The molecule has 2 heterocycles. The first-order chi connectivity index (χ1) is 16.6. The van der Waals surface area contributed by atoms with Crippen LogP contribution in [0.5, 0.6) is 0 Å². The molecule has 0 fully saturated rings. The smallest absolute Gasteiger partial charge is 0.281 e. The molecule has 1 atom stereocenters. The van der Waals surface area contributed by atoms with E-state index in [1.54, 1.807) is 0 Å². The standard InChI is InChI=1S/C28H32F2N4/c1-3-5-16-34(17-6-4-2)28-31-18-22(19-32-28)20-10-12-21(13-11-20)25-14-15-26(33-25)27-23(29)8-7-9-24(27)30/h7-13,18-19,25H,3-6,14-17H2,1-2H3/p+1. The summed E-state index contributed by atoms with van der Waals surface area (Å²) in [6.07, 6.45) is 9.86. The molecule has 6 heteroatoms. The third kappa shape index (κ3) is 5.49. The summed E-state index contributed by atoms with van der Waals surface area (Å²) in [5, 5.41) is 0. The molecule has 3 aromatic rings. The Morgan fingerprint density at radius 2 is 1.62 bits per heavy atom. The minimum atomic E-state index is -0.551. The first-order valence-electron chi connectivity index (χ1n) is 12.3. The van der Waals surface area contributed by atoms with Crippen molar-refractivity contribution in [2.45, 2.75) is 58.4 Å². The molecule has 0 spiro atoms. The van der Waals surface area contributed by atoms with Crippen molar-refractivity contribution in [2.75, 3.05) is 18.0 Å². The van der Waals surface area contributed by atoms with Gasteiger partial charge in [0.05, 0.1) is 30.9 Å². The summed E-state index contributed by atoms with van der Waals surface area (Å²) >= 11 is 0. The van der Waals surface area contributed by atoms with Gasteiger partial charge in [0.15, 0.2) is 0 Å². The van der Waals surface area contributed by atoms with E-state index in [1.807, 2.05) is 24.5 Å². The van der Waals surface area contributed by atoms with Crippen LogP contribution in [-0.4, -0.2) is 23.8 Å². The molecule has 1 aliphatic rings. The predicted octanol–water partition coefficient (Wildman–Crippen LogP) is 6.57. The van der Waals surface area contributed by atoms with Crippen LogP contribution in [0.3, 0.4) is 0 Å². The number of hydrogen-bond acceptors (Lipinski definition) is 3. The number of nitrogens with one attached hydrogen (secondary N) is 1. The van der Waals surface area contributed by atoms with E-state index in [9.17, 15) is 8.78 Å². The minimum absolute atomic E-state index is 0.00948. The molecule has 1 aliphatic heterocycles. The van der Waals surface area contributed by atoms with E-state index < -0.39 is 11.6 Å². The molecule has 2 aromatic carbocycles. The van der Waals surface area contributed by atoms with Crippen LogP contribution in [0.4, 0.5) is 14.7 Å². The van der Waals surface area contributed by atoms with Crippen molar-refractivity contribution in [3.8, 4) is 11.1 Å². The predicted molar refractivity (Wildman–Crippen MR) is 133 cm³/mol. The van der Waals surface area contributed by atoms with Gasteiger partial charge in [0.2, 0.25) is 0 Å². The number of nitrogens with zero attached hydrogens (tertiary/aromatic N) is 3. The zero-order valence-corrected chi connectivity index (χ0v) is 20.0. The van der Waals surface area contributed by atoms with Crippen LogP contribution >= 0.6 is 0 Å². The normalized spacial score (nSPS) is 15.4. The van der Waals surface area contributed by atoms with Gasteiger partial charge in [-0.3, -0.25) is 9.89 Å². The lowest BCUT2D eigenvalue weighted by Crippen LogP contribution is -2.32. The molecule has 0 saturated carbocycles. The van der Waals surface area contributed by atoms with E-state index in [2.05, 4.69) is 40.9 Å². The van der Waals surface area contributed by atoms with Gasteiger partial charge in [-0.25, -0.2) is 13.8 Å². The molecule has 1 unspecified atom stereocenters. The molecule has 178 valence electrons. The first-order valence-corrected chi connectivity index (χ1v) is 12.3. The van der Waals surface area contributed by atoms with Crippen molar-refractivity contribution < 1.29 is 13.8 Å². The van der Waals surface area contributed by atoms with E-state index in [0.717, 1.165) is 67.8 Å². The molecule has 0 bridgehead atoms. The molecular weight excluding hydrogens is 430 g/mol. The summed E-state index contributed by atoms with van der Waals surface area (Å²) in [6.45, 7) is 6.43. The van der Waals surface area contributed by atoms with E-state index >= 15 is 0 Å². The summed E-state index contributed by atoms with van der Waals surface area (Å²) in [6, 6.07) is 12.1. The van der Waals surface area contributed by atoms with Gasteiger partial charge in [-0.15, -0.1) is 0 Å². The van der Waals surface area contributed by atoms with Crippen LogP contribution in [0.15, 0.2) is 59.9 Å². The quantitative estimate of drug-likeness (QED) is 0.341. The van der Waals surface area contributed by atoms with Crippen LogP contribution in [0.25, 0.3) is 11.1 Å². The minimum Gasteiger partial charge on any atom is -0.281 e. The third-order valence-corrected chi connectivity index (χ3v) is 6.39. The SMILES string of the molecule is CCCCN(CCCC)c1ncc(-c2ccc(C3CCC(c4c(F)cccc4F)=N3)cc2)c[nH+]1. The highest BCUT2D eigenvalue weighted by molar-refractivity contribution is 6.02. The lowest BCUT2D eigenvalue weighted by atomic mass is 10.0. The summed E-state index contributed by atoms with van der Waals surface area (Å²) in [4.78, 5) is 15.1. The fraction of sp³-hybridized carbons (Fsp3) is 0.393. The average Bonchev–Trinajstić information content (AvgIpc) is 3.34. The van der Waals surface area contributed by atoms with Crippen LogP contribution in [0.2, 0.25) is 0 Å². The Labute approximate surface area is 200 Å². The Bertz CT molecular complexity index is 1080. The van der Waals surface area contributed by atoms with Gasteiger partial charge < -0.3 is 0 Å². The third-order valence-electron chi connectivity index (χ3n) is 6.39.